The van der Waals surface area contributed by atoms with E-state index >= 15 is 0 Å². The number of anilines is 1. The van der Waals surface area contributed by atoms with Gasteiger partial charge in [0, 0.05) is 37.7 Å². The van der Waals surface area contributed by atoms with Crippen molar-refractivity contribution in [2.75, 3.05) is 12.3 Å². The van der Waals surface area contributed by atoms with Crippen LogP contribution >= 0.6 is 0 Å². The number of amides is 1. The molecule has 0 aliphatic heterocycles. The number of pyridine rings is 1. The van der Waals surface area contributed by atoms with Crippen LogP contribution in [0.25, 0.3) is 11.0 Å². The number of aromatic nitrogens is 4. The second kappa shape index (κ2) is 5.91. The monoisotopic (exact) mass is 312 g/mol. The molecule has 3 aromatic rings. The number of nitrogen functional groups attached to an aromatic ring is 1. The van der Waals surface area contributed by atoms with Gasteiger partial charge in [0.25, 0.3) is 11.5 Å². The predicted molar refractivity (Wildman–Crippen MR) is 86.0 cm³/mol. The van der Waals surface area contributed by atoms with E-state index in [2.05, 4.69) is 20.3 Å². The molecule has 0 fully saturated rings. The molecular formula is C15H16N6O2. The molecule has 0 spiro atoms. The van der Waals surface area contributed by atoms with E-state index in [9.17, 15) is 9.59 Å². The molecule has 8 heteroatoms. The Bertz CT molecular complexity index is 927. The Kier molecular flexibility index (Phi) is 3.80. The maximum atomic E-state index is 12.1. The molecule has 4 N–H and O–H groups in total. The molecule has 0 atom stereocenters. The summed E-state index contributed by atoms with van der Waals surface area (Å²) < 4.78 is 1.85. The standard InChI is InChI=1S/C15H16N6O2/c1-21-7-5-9-2-3-10(18-14(9)21)15(23)17-6-4-12-19-11(16)8-13(22)20-12/h2-3,5,7-8H,4,6H2,1H3,(H,17,23)(H3,16,19,20,22). The number of nitrogens with one attached hydrogen (secondary N) is 2. The maximum Gasteiger partial charge on any atom is 0.269 e. The molecule has 1 amide bonds. The number of aryl methyl sites for hydroxylation is 1. The summed E-state index contributed by atoms with van der Waals surface area (Å²) in [7, 11) is 1.87. The zero-order chi connectivity index (χ0) is 16.4. The number of aromatic amines is 1. The highest BCUT2D eigenvalue weighted by atomic mass is 16.2. The number of nitrogens with two attached hydrogens (primary N) is 1. The van der Waals surface area contributed by atoms with Crippen molar-refractivity contribution in [2.45, 2.75) is 6.42 Å². The third kappa shape index (κ3) is 3.20. The van der Waals surface area contributed by atoms with E-state index in [1.54, 1.807) is 6.07 Å². The second-order valence-electron chi connectivity index (χ2n) is 5.16. The van der Waals surface area contributed by atoms with Gasteiger partial charge in [0.15, 0.2) is 0 Å². The molecule has 0 bridgehead atoms. The highest BCUT2D eigenvalue weighted by Gasteiger charge is 2.09. The zero-order valence-corrected chi connectivity index (χ0v) is 12.5. The zero-order valence-electron chi connectivity index (χ0n) is 12.5. The van der Waals surface area contributed by atoms with E-state index in [-0.39, 0.29) is 17.3 Å². The Labute approximate surface area is 131 Å². The predicted octanol–water partition coefficient (Wildman–Crippen LogP) is 0.211. The summed E-state index contributed by atoms with van der Waals surface area (Å²) in [5.41, 5.74) is 6.29. The molecule has 0 saturated carbocycles. The van der Waals surface area contributed by atoms with Crippen molar-refractivity contribution in [1.29, 1.82) is 0 Å². The third-order valence-corrected chi connectivity index (χ3v) is 3.41. The van der Waals surface area contributed by atoms with Gasteiger partial charge in [-0.25, -0.2) is 9.97 Å². The van der Waals surface area contributed by atoms with Crippen molar-refractivity contribution in [3.63, 3.8) is 0 Å². The molecule has 8 nitrogen and oxygen atoms in total. The Morgan fingerprint density at radius 2 is 2.17 bits per heavy atom. The number of fused-ring (bicyclic) bond motifs is 1. The van der Waals surface area contributed by atoms with Crippen LogP contribution in [0.3, 0.4) is 0 Å². The average Bonchev–Trinajstić information content (AvgIpc) is 2.87. The fourth-order valence-electron chi connectivity index (χ4n) is 2.29. The van der Waals surface area contributed by atoms with Crippen LogP contribution in [0.2, 0.25) is 0 Å². The lowest BCUT2D eigenvalue weighted by molar-refractivity contribution is 0.0949. The number of hydrogen-bond donors (Lipinski definition) is 3. The van der Waals surface area contributed by atoms with Crippen LogP contribution in [0.15, 0.2) is 35.3 Å². The molecule has 3 rings (SSSR count). The van der Waals surface area contributed by atoms with Crippen LogP contribution in [-0.2, 0) is 13.5 Å². The normalized spacial score (nSPS) is 10.8. The largest absolute Gasteiger partial charge is 0.383 e. The molecule has 0 aliphatic rings. The molecular weight excluding hydrogens is 296 g/mol. The van der Waals surface area contributed by atoms with Gasteiger partial charge in [-0.3, -0.25) is 9.59 Å². The third-order valence-electron chi connectivity index (χ3n) is 3.41. The van der Waals surface area contributed by atoms with E-state index in [0.29, 0.717) is 24.5 Å². The number of nitrogens with zero attached hydrogens (tertiary/aromatic N) is 3. The summed E-state index contributed by atoms with van der Waals surface area (Å²) in [4.78, 5) is 34.4. The van der Waals surface area contributed by atoms with Crippen LogP contribution in [0.4, 0.5) is 5.82 Å². The summed E-state index contributed by atoms with van der Waals surface area (Å²) in [6, 6.07) is 6.68. The minimum atomic E-state index is -0.311. The number of carbonyl (C=O) groups is 1. The Balaban J connectivity index is 1.66. The molecule has 0 aliphatic carbocycles. The van der Waals surface area contributed by atoms with Gasteiger partial charge in [-0.1, -0.05) is 0 Å². The van der Waals surface area contributed by atoms with Gasteiger partial charge in [0.2, 0.25) is 0 Å². The van der Waals surface area contributed by atoms with Gasteiger partial charge in [-0.15, -0.1) is 0 Å². The van der Waals surface area contributed by atoms with E-state index in [4.69, 9.17) is 5.73 Å². The van der Waals surface area contributed by atoms with Gasteiger partial charge in [-0.05, 0) is 18.2 Å². The fourth-order valence-corrected chi connectivity index (χ4v) is 2.29. The smallest absolute Gasteiger partial charge is 0.269 e. The first-order valence-electron chi connectivity index (χ1n) is 7.09. The first-order valence-corrected chi connectivity index (χ1v) is 7.09. The van der Waals surface area contributed by atoms with E-state index in [1.807, 2.05) is 29.9 Å². The summed E-state index contributed by atoms with van der Waals surface area (Å²) in [5, 5.41) is 3.73. The van der Waals surface area contributed by atoms with Crippen molar-refractivity contribution < 1.29 is 4.79 Å². The van der Waals surface area contributed by atoms with Crippen molar-refractivity contribution in [3.05, 3.63) is 52.3 Å². The van der Waals surface area contributed by atoms with Crippen molar-refractivity contribution in [2.24, 2.45) is 7.05 Å². The van der Waals surface area contributed by atoms with Gasteiger partial charge in [0.05, 0.1) is 0 Å². The van der Waals surface area contributed by atoms with Crippen LogP contribution in [0.5, 0.6) is 0 Å². The van der Waals surface area contributed by atoms with Gasteiger partial charge >= 0.3 is 0 Å². The van der Waals surface area contributed by atoms with Crippen LogP contribution < -0.4 is 16.6 Å². The molecule has 0 radical (unpaired) electrons. The number of H-pyrrole nitrogens is 1. The van der Waals surface area contributed by atoms with Crippen molar-refractivity contribution in [1.82, 2.24) is 24.8 Å². The number of carbonyl (C=O) groups excluding carboxylic acids is 1. The highest BCUT2D eigenvalue weighted by molar-refractivity contribution is 5.94. The second-order valence-corrected chi connectivity index (χ2v) is 5.16. The summed E-state index contributed by atoms with van der Waals surface area (Å²) in [5.74, 6) is 0.311. The van der Waals surface area contributed by atoms with Gasteiger partial charge in [-0.2, -0.15) is 0 Å². The van der Waals surface area contributed by atoms with Crippen LogP contribution in [-0.4, -0.2) is 32.0 Å². The van der Waals surface area contributed by atoms with Crippen molar-refractivity contribution >= 4 is 22.8 Å². The minimum absolute atomic E-state index is 0.158. The number of hydrogen-bond acceptors (Lipinski definition) is 5. The summed E-state index contributed by atoms with van der Waals surface area (Å²) >= 11 is 0. The molecule has 118 valence electrons. The fraction of sp³-hybridized carbons (Fsp3) is 0.200. The van der Waals surface area contributed by atoms with Crippen LogP contribution in [0.1, 0.15) is 16.3 Å². The molecule has 23 heavy (non-hydrogen) atoms. The Hall–Kier alpha value is -3.16. The first-order chi connectivity index (χ1) is 11.0. The lowest BCUT2D eigenvalue weighted by atomic mass is 10.3. The minimum Gasteiger partial charge on any atom is -0.383 e. The first kappa shape index (κ1) is 14.8. The van der Waals surface area contributed by atoms with E-state index in [0.717, 1.165) is 11.0 Å². The van der Waals surface area contributed by atoms with Gasteiger partial charge in [0.1, 0.15) is 23.0 Å². The van der Waals surface area contributed by atoms with E-state index in [1.165, 1.54) is 6.07 Å². The van der Waals surface area contributed by atoms with Crippen LogP contribution in [0, 0.1) is 0 Å². The lowest BCUT2D eigenvalue weighted by Crippen LogP contribution is -2.27. The van der Waals surface area contributed by atoms with Gasteiger partial charge < -0.3 is 20.6 Å². The Morgan fingerprint density at radius 1 is 1.35 bits per heavy atom. The quantitative estimate of drug-likeness (QED) is 0.636. The molecule has 0 unspecified atom stereocenters. The molecule has 0 saturated heterocycles. The SMILES string of the molecule is Cn1ccc2ccc(C(=O)NCCc3nc(N)cc(=O)[nH]3)nc21. The maximum absolute atomic E-state index is 12.1. The van der Waals surface area contributed by atoms with Crippen molar-refractivity contribution in [3.8, 4) is 0 Å². The van der Waals surface area contributed by atoms with E-state index < -0.39 is 0 Å². The summed E-state index contributed by atoms with van der Waals surface area (Å²) in [6.45, 7) is 0.318. The number of rotatable bonds is 4. The summed E-state index contributed by atoms with van der Waals surface area (Å²) in [6.07, 6.45) is 2.26. The Morgan fingerprint density at radius 3 is 2.96 bits per heavy atom. The topological polar surface area (TPSA) is 119 Å². The highest BCUT2D eigenvalue weighted by Crippen LogP contribution is 2.12. The molecule has 3 aromatic heterocycles. The lowest BCUT2D eigenvalue weighted by Gasteiger charge is -2.05. The molecule has 3 heterocycles. The molecule has 0 aromatic carbocycles. The average molecular weight is 312 g/mol.